The van der Waals surface area contributed by atoms with Crippen molar-refractivity contribution in [2.24, 2.45) is 40.4 Å². The number of hydrogen-bond acceptors (Lipinski definition) is 4. The summed E-state index contributed by atoms with van der Waals surface area (Å²) >= 11 is 0. The second-order valence-electron chi connectivity index (χ2n) is 11.4. The van der Waals surface area contributed by atoms with Crippen LogP contribution >= 0.6 is 0 Å². The molecule has 3 aliphatic carbocycles. The van der Waals surface area contributed by atoms with E-state index in [0.717, 1.165) is 30.1 Å². The predicted octanol–water partition coefficient (Wildman–Crippen LogP) is 5.16. The molecule has 4 heteroatoms. The Balaban J connectivity index is 1.69. The zero-order valence-electron chi connectivity index (χ0n) is 19.2. The highest BCUT2D eigenvalue weighted by atomic mass is 16.5. The molecule has 0 bridgehead atoms. The number of hydrogen-bond donors (Lipinski definition) is 1. The van der Waals surface area contributed by atoms with Crippen LogP contribution in [0.2, 0.25) is 0 Å². The minimum Gasteiger partial charge on any atom is -0.463 e. The molecule has 0 amide bonds. The molecule has 5 unspecified atom stereocenters. The summed E-state index contributed by atoms with van der Waals surface area (Å²) in [5.74, 6) is 3.07. The van der Waals surface area contributed by atoms with E-state index in [1.807, 2.05) is 0 Å². The van der Waals surface area contributed by atoms with E-state index in [-0.39, 0.29) is 17.6 Å². The van der Waals surface area contributed by atoms with Gasteiger partial charge in [-0.1, -0.05) is 34.1 Å². The SMILES string of the molecule is CC(=O)CC(O)C(=O)OC[C@@]1(C)CCC[C@@]2(C)C3CCC(C(C)C)CC3CCC12. The summed E-state index contributed by atoms with van der Waals surface area (Å²) in [7, 11) is 0. The zero-order chi connectivity index (χ0) is 21.4. The van der Waals surface area contributed by atoms with Crippen LogP contribution in [0.25, 0.3) is 0 Å². The molecule has 0 aromatic heterocycles. The first-order valence-electron chi connectivity index (χ1n) is 11.9. The normalized spacial score (nSPS) is 40.7. The van der Waals surface area contributed by atoms with Gasteiger partial charge in [0, 0.05) is 11.8 Å². The molecular formula is C25H42O4. The van der Waals surface area contributed by atoms with E-state index in [1.54, 1.807) is 0 Å². The molecule has 1 N–H and O–H groups in total. The molecule has 0 aromatic rings. The number of esters is 1. The molecule has 7 atom stereocenters. The lowest BCUT2D eigenvalue weighted by Gasteiger charge is -2.61. The molecular weight excluding hydrogens is 364 g/mol. The molecule has 3 rings (SSSR count). The minimum absolute atomic E-state index is 0.0293. The zero-order valence-corrected chi connectivity index (χ0v) is 19.2. The first kappa shape index (κ1) is 22.8. The Labute approximate surface area is 177 Å². The number of fused-ring (bicyclic) bond motifs is 3. The van der Waals surface area contributed by atoms with E-state index < -0.39 is 12.1 Å². The van der Waals surface area contributed by atoms with Crippen molar-refractivity contribution in [3.8, 4) is 0 Å². The quantitative estimate of drug-likeness (QED) is 0.619. The van der Waals surface area contributed by atoms with Crippen LogP contribution in [0, 0.1) is 40.4 Å². The van der Waals surface area contributed by atoms with Crippen LogP contribution in [0.3, 0.4) is 0 Å². The van der Waals surface area contributed by atoms with Crippen LogP contribution in [0.1, 0.15) is 92.4 Å². The fraction of sp³-hybridized carbons (Fsp3) is 0.920. The highest BCUT2D eigenvalue weighted by Crippen LogP contribution is 2.64. The van der Waals surface area contributed by atoms with Gasteiger partial charge >= 0.3 is 5.97 Å². The summed E-state index contributed by atoms with van der Waals surface area (Å²) in [5.41, 5.74) is 0.306. The van der Waals surface area contributed by atoms with Gasteiger partial charge in [0.25, 0.3) is 0 Å². The lowest BCUT2D eigenvalue weighted by molar-refractivity contribution is -0.171. The number of Topliss-reactive ketones (excluding diaryl/α,β-unsaturated/α-hetero) is 1. The van der Waals surface area contributed by atoms with Crippen molar-refractivity contribution in [1.29, 1.82) is 0 Å². The number of ether oxygens (including phenoxy) is 1. The van der Waals surface area contributed by atoms with E-state index in [1.165, 1.54) is 51.9 Å². The molecule has 3 saturated carbocycles. The lowest BCUT2D eigenvalue weighted by Crippen LogP contribution is -2.55. The number of carbonyl (C=O) groups excluding carboxylic acids is 2. The Morgan fingerprint density at radius 1 is 1.10 bits per heavy atom. The molecule has 0 heterocycles. The van der Waals surface area contributed by atoms with Crippen molar-refractivity contribution in [2.75, 3.05) is 6.61 Å². The molecule has 0 aliphatic heterocycles. The Kier molecular flexibility index (Phi) is 6.82. The van der Waals surface area contributed by atoms with E-state index >= 15 is 0 Å². The van der Waals surface area contributed by atoms with Crippen molar-refractivity contribution in [3.05, 3.63) is 0 Å². The molecule has 3 fully saturated rings. The van der Waals surface area contributed by atoms with Gasteiger partial charge in [-0.05, 0) is 86.9 Å². The summed E-state index contributed by atoms with van der Waals surface area (Å²) in [4.78, 5) is 23.4. The third-order valence-corrected chi connectivity index (χ3v) is 9.04. The van der Waals surface area contributed by atoms with Crippen molar-refractivity contribution in [2.45, 2.75) is 98.5 Å². The lowest BCUT2D eigenvalue weighted by atomic mass is 9.44. The molecule has 166 valence electrons. The van der Waals surface area contributed by atoms with Gasteiger partial charge < -0.3 is 9.84 Å². The van der Waals surface area contributed by atoms with Gasteiger partial charge in [-0.3, -0.25) is 4.79 Å². The van der Waals surface area contributed by atoms with Crippen LogP contribution in [-0.4, -0.2) is 29.6 Å². The van der Waals surface area contributed by atoms with Crippen LogP contribution in [0.4, 0.5) is 0 Å². The summed E-state index contributed by atoms with van der Waals surface area (Å²) < 4.78 is 5.58. The Bertz CT molecular complexity index is 614. The van der Waals surface area contributed by atoms with Crippen molar-refractivity contribution in [1.82, 2.24) is 0 Å². The second kappa shape index (κ2) is 8.69. The number of aliphatic hydroxyl groups is 1. The highest BCUT2D eigenvalue weighted by Gasteiger charge is 2.57. The topological polar surface area (TPSA) is 63.6 Å². The third-order valence-electron chi connectivity index (χ3n) is 9.04. The van der Waals surface area contributed by atoms with Crippen LogP contribution < -0.4 is 0 Å². The largest absolute Gasteiger partial charge is 0.463 e. The monoisotopic (exact) mass is 406 g/mol. The fourth-order valence-corrected chi connectivity index (χ4v) is 7.47. The molecule has 3 aliphatic rings. The fourth-order valence-electron chi connectivity index (χ4n) is 7.47. The third kappa shape index (κ3) is 4.57. The molecule has 29 heavy (non-hydrogen) atoms. The average molecular weight is 407 g/mol. The van der Waals surface area contributed by atoms with E-state index in [0.29, 0.717) is 17.9 Å². The van der Waals surface area contributed by atoms with Gasteiger partial charge in [-0.2, -0.15) is 0 Å². The predicted molar refractivity (Wildman–Crippen MR) is 114 cm³/mol. The molecule has 4 nitrogen and oxygen atoms in total. The molecule has 0 spiro atoms. The first-order valence-corrected chi connectivity index (χ1v) is 11.9. The number of aliphatic hydroxyl groups excluding tert-OH is 1. The van der Waals surface area contributed by atoms with Crippen LogP contribution in [0.15, 0.2) is 0 Å². The second-order valence-corrected chi connectivity index (χ2v) is 11.4. The van der Waals surface area contributed by atoms with Crippen LogP contribution in [0.5, 0.6) is 0 Å². The minimum atomic E-state index is -1.33. The van der Waals surface area contributed by atoms with Gasteiger partial charge in [0.1, 0.15) is 5.78 Å². The van der Waals surface area contributed by atoms with Crippen molar-refractivity contribution >= 4 is 11.8 Å². The van der Waals surface area contributed by atoms with Gasteiger partial charge in [0.15, 0.2) is 6.10 Å². The van der Waals surface area contributed by atoms with E-state index in [4.69, 9.17) is 4.74 Å². The maximum Gasteiger partial charge on any atom is 0.335 e. The first-order chi connectivity index (χ1) is 13.6. The van der Waals surface area contributed by atoms with Gasteiger partial charge in [-0.25, -0.2) is 4.79 Å². The number of ketones is 1. The summed E-state index contributed by atoms with van der Waals surface area (Å²) in [6.07, 6.45) is 8.73. The number of carbonyl (C=O) groups is 2. The maximum atomic E-state index is 12.2. The number of rotatable bonds is 6. The molecule has 0 saturated heterocycles. The Morgan fingerprint density at radius 2 is 1.83 bits per heavy atom. The van der Waals surface area contributed by atoms with Gasteiger partial charge in [0.2, 0.25) is 0 Å². The summed E-state index contributed by atoms with van der Waals surface area (Å²) in [6, 6.07) is 0. The Hall–Kier alpha value is -0.900. The van der Waals surface area contributed by atoms with Crippen molar-refractivity contribution < 1.29 is 19.4 Å². The molecule has 0 aromatic carbocycles. The maximum absolute atomic E-state index is 12.2. The van der Waals surface area contributed by atoms with Gasteiger partial charge in [0.05, 0.1) is 6.61 Å². The Morgan fingerprint density at radius 3 is 2.48 bits per heavy atom. The van der Waals surface area contributed by atoms with Gasteiger partial charge in [-0.15, -0.1) is 0 Å². The summed E-state index contributed by atoms with van der Waals surface area (Å²) in [5, 5.41) is 9.91. The summed E-state index contributed by atoms with van der Waals surface area (Å²) in [6.45, 7) is 11.3. The average Bonchev–Trinajstić information content (AvgIpc) is 2.65. The van der Waals surface area contributed by atoms with Crippen LogP contribution in [-0.2, 0) is 14.3 Å². The smallest absolute Gasteiger partial charge is 0.335 e. The molecule has 0 radical (unpaired) electrons. The highest BCUT2D eigenvalue weighted by molar-refractivity contribution is 5.84. The van der Waals surface area contributed by atoms with E-state index in [9.17, 15) is 14.7 Å². The van der Waals surface area contributed by atoms with Crippen molar-refractivity contribution in [3.63, 3.8) is 0 Å². The standard InChI is InChI=1S/C25H42O4/c1-16(2)18-7-9-20-19(14-18)8-10-22-24(4,11-6-12-25(20,22)5)15-29-23(28)21(27)13-17(3)26/h16,18-22,27H,6-15H2,1-5H3/t18?,19?,20?,21?,22?,24-,25+/m1/s1. The van der Waals surface area contributed by atoms with E-state index in [2.05, 4.69) is 27.7 Å².